The maximum Gasteiger partial charge on any atom is 0.369 e. The second-order valence-electron chi connectivity index (χ2n) is 7.08. The first-order valence-corrected chi connectivity index (χ1v) is 10.5. The van der Waals surface area contributed by atoms with Crippen LogP contribution < -0.4 is 10.8 Å². The van der Waals surface area contributed by atoms with Crippen LogP contribution in [0.3, 0.4) is 0 Å². The Morgan fingerprint density at radius 1 is 1.20 bits per heavy atom. The van der Waals surface area contributed by atoms with Crippen LogP contribution in [0.15, 0.2) is 42.5 Å². The standard InChI is InChI=1S/C18H23ClNO4P/c1-13(20-23-12-18(2,3)4)17(21)24-25(19,22)16-11-7-9-14-8-5-6-10-15(14)16/h5-11,13,20H,12H2,1-4H3/t13-,25?/m0/s1. The first-order valence-electron chi connectivity index (χ1n) is 7.99. The molecule has 25 heavy (non-hydrogen) atoms. The van der Waals surface area contributed by atoms with Crippen LogP contribution in [0.5, 0.6) is 0 Å². The molecule has 0 amide bonds. The molecular weight excluding hydrogens is 361 g/mol. The van der Waals surface area contributed by atoms with Gasteiger partial charge in [0.1, 0.15) is 6.04 Å². The highest BCUT2D eigenvalue weighted by molar-refractivity contribution is 7.92. The quantitative estimate of drug-likeness (QED) is 0.591. The van der Waals surface area contributed by atoms with Gasteiger partial charge in [-0.1, -0.05) is 57.2 Å². The monoisotopic (exact) mass is 383 g/mol. The number of hydrogen-bond donors (Lipinski definition) is 1. The van der Waals surface area contributed by atoms with Gasteiger partial charge in [-0.15, -0.1) is 0 Å². The lowest BCUT2D eigenvalue weighted by molar-refractivity contribution is -0.141. The molecule has 1 unspecified atom stereocenters. The molecule has 0 fully saturated rings. The minimum atomic E-state index is -3.84. The maximum absolute atomic E-state index is 12.8. The summed E-state index contributed by atoms with van der Waals surface area (Å²) in [7, 11) is 0. The summed E-state index contributed by atoms with van der Waals surface area (Å²) in [5.74, 6) is -0.736. The highest BCUT2D eigenvalue weighted by Crippen LogP contribution is 2.52. The average Bonchev–Trinajstić information content (AvgIpc) is 2.52. The number of hydrogen-bond acceptors (Lipinski definition) is 5. The van der Waals surface area contributed by atoms with Crippen molar-refractivity contribution < 1.29 is 18.7 Å². The molecule has 0 saturated heterocycles. The third-order valence-electron chi connectivity index (χ3n) is 3.38. The number of carbonyl (C=O) groups excluding carboxylic acids is 1. The molecule has 0 aromatic heterocycles. The molecule has 0 radical (unpaired) electrons. The molecule has 2 aromatic rings. The van der Waals surface area contributed by atoms with Gasteiger partial charge in [0.2, 0.25) is 0 Å². The van der Waals surface area contributed by atoms with Gasteiger partial charge in [0.05, 0.1) is 11.9 Å². The van der Waals surface area contributed by atoms with E-state index in [0.29, 0.717) is 17.3 Å². The van der Waals surface area contributed by atoms with Crippen LogP contribution >= 0.6 is 18.0 Å². The first-order chi connectivity index (χ1) is 11.6. The van der Waals surface area contributed by atoms with E-state index in [1.54, 1.807) is 25.1 Å². The molecule has 1 N–H and O–H groups in total. The lowest BCUT2D eigenvalue weighted by Gasteiger charge is -2.21. The molecule has 7 heteroatoms. The summed E-state index contributed by atoms with van der Waals surface area (Å²) < 4.78 is 17.9. The third-order valence-corrected chi connectivity index (χ3v) is 5.51. The number of carbonyl (C=O) groups is 1. The summed E-state index contributed by atoms with van der Waals surface area (Å²) >= 11 is 6.13. The van der Waals surface area contributed by atoms with Crippen LogP contribution in [0.4, 0.5) is 0 Å². The Kier molecular flexibility index (Phi) is 6.28. The van der Waals surface area contributed by atoms with Crippen molar-refractivity contribution in [2.24, 2.45) is 5.41 Å². The smallest absolute Gasteiger partial charge is 0.369 e. The Morgan fingerprint density at radius 2 is 1.84 bits per heavy atom. The molecule has 0 aliphatic rings. The number of rotatable bonds is 6. The highest BCUT2D eigenvalue weighted by Gasteiger charge is 2.31. The van der Waals surface area contributed by atoms with Gasteiger partial charge in [-0.25, -0.2) is 4.79 Å². The lowest BCUT2D eigenvalue weighted by atomic mass is 9.99. The van der Waals surface area contributed by atoms with Gasteiger partial charge in [0, 0.05) is 0 Å². The van der Waals surface area contributed by atoms with Crippen LogP contribution in [0.2, 0.25) is 0 Å². The van der Waals surface area contributed by atoms with Crippen molar-refractivity contribution >= 4 is 40.0 Å². The van der Waals surface area contributed by atoms with E-state index >= 15 is 0 Å². The topological polar surface area (TPSA) is 64.6 Å². The zero-order valence-electron chi connectivity index (χ0n) is 14.8. The van der Waals surface area contributed by atoms with E-state index in [2.05, 4.69) is 5.48 Å². The Morgan fingerprint density at radius 3 is 2.52 bits per heavy atom. The fourth-order valence-corrected chi connectivity index (χ4v) is 4.01. The van der Waals surface area contributed by atoms with Gasteiger partial charge in [0.15, 0.2) is 0 Å². The highest BCUT2D eigenvalue weighted by atomic mass is 35.7. The van der Waals surface area contributed by atoms with E-state index in [4.69, 9.17) is 20.6 Å². The van der Waals surface area contributed by atoms with E-state index in [9.17, 15) is 9.36 Å². The van der Waals surface area contributed by atoms with Crippen molar-refractivity contribution in [2.75, 3.05) is 6.61 Å². The molecule has 0 spiro atoms. The normalized spacial score (nSPS) is 15.6. The SMILES string of the molecule is C[C@H](NOCC(C)(C)C)C(=O)OP(=O)(Cl)c1cccc2ccccc12. The lowest BCUT2D eigenvalue weighted by Crippen LogP contribution is -2.37. The fraction of sp³-hybridized carbons (Fsp3) is 0.389. The van der Waals surface area contributed by atoms with Crippen LogP contribution in [-0.2, 0) is 18.7 Å². The van der Waals surface area contributed by atoms with E-state index in [0.717, 1.165) is 5.39 Å². The Bertz CT molecular complexity index is 798. The van der Waals surface area contributed by atoms with Gasteiger partial charge in [-0.2, -0.15) is 5.48 Å². The van der Waals surface area contributed by atoms with Crippen molar-refractivity contribution in [1.29, 1.82) is 0 Å². The predicted molar refractivity (Wildman–Crippen MR) is 101 cm³/mol. The second kappa shape index (κ2) is 7.88. The number of benzene rings is 2. The summed E-state index contributed by atoms with van der Waals surface area (Å²) in [5, 5.41) is 1.88. The summed E-state index contributed by atoms with van der Waals surface area (Å²) in [6.45, 7) is 4.15. The van der Waals surface area contributed by atoms with Crippen LogP contribution in [-0.4, -0.2) is 18.6 Å². The van der Waals surface area contributed by atoms with Gasteiger partial charge >= 0.3 is 12.7 Å². The molecule has 0 bridgehead atoms. The van der Waals surface area contributed by atoms with Gasteiger partial charge in [0.25, 0.3) is 0 Å². The average molecular weight is 384 g/mol. The minimum Gasteiger partial charge on any atom is -0.396 e. The second-order valence-corrected chi connectivity index (χ2v) is 10.0. The molecule has 2 aromatic carbocycles. The fourth-order valence-electron chi connectivity index (χ4n) is 2.12. The predicted octanol–water partition coefficient (Wildman–Crippen LogP) is 4.40. The molecule has 2 atom stereocenters. The van der Waals surface area contributed by atoms with Crippen molar-refractivity contribution in [2.45, 2.75) is 33.7 Å². The van der Waals surface area contributed by atoms with Crippen LogP contribution in [0.25, 0.3) is 10.8 Å². The largest absolute Gasteiger partial charge is 0.396 e. The summed E-state index contributed by atoms with van der Waals surface area (Å²) in [5.41, 5.74) is 2.54. The number of hydroxylamine groups is 1. The van der Waals surface area contributed by atoms with Gasteiger partial charge in [-0.3, -0.25) is 4.57 Å². The van der Waals surface area contributed by atoms with E-state index in [-0.39, 0.29) is 5.41 Å². The third kappa shape index (κ3) is 5.55. The molecule has 136 valence electrons. The number of halogens is 1. The van der Waals surface area contributed by atoms with Crippen LogP contribution in [0.1, 0.15) is 27.7 Å². The number of fused-ring (bicyclic) bond motifs is 1. The zero-order chi connectivity index (χ0) is 18.7. The Labute approximate surface area is 152 Å². The van der Waals surface area contributed by atoms with Crippen molar-refractivity contribution in [1.82, 2.24) is 5.48 Å². The van der Waals surface area contributed by atoms with Crippen molar-refractivity contribution in [3.05, 3.63) is 42.5 Å². The zero-order valence-corrected chi connectivity index (χ0v) is 16.4. The van der Waals surface area contributed by atoms with E-state index in [1.165, 1.54) is 0 Å². The maximum atomic E-state index is 12.8. The molecule has 0 aliphatic carbocycles. The molecule has 2 rings (SSSR count). The Hall–Kier alpha value is -1.39. The van der Waals surface area contributed by atoms with Crippen molar-refractivity contribution in [3.63, 3.8) is 0 Å². The van der Waals surface area contributed by atoms with Crippen LogP contribution in [0, 0.1) is 5.41 Å². The van der Waals surface area contributed by atoms with Gasteiger partial charge in [-0.05, 0) is 40.4 Å². The van der Waals surface area contributed by atoms with Gasteiger partial charge < -0.3 is 9.36 Å². The molecule has 0 heterocycles. The molecule has 5 nitrogen and oxygen atoms in total. The molecule has 0 aliphatic heterocycles. The summed E-state index contributed by atoms with van der Waals surface area (Å²) in [4.78, 5) is 17.5. The number of nitrogens with one attached hydrogen (secondary N) is 1. The minimum absolute atomic E-state index is 0.0542. The molecular formula is C18H23ClNO4P. The van der Waals surface area contributed by atoms with E-state index < -0.39 is 18.7 Å². The van der Waals surface area contributed by atoms with E-state index in [1.807, 2.05) is 45.0 Å². The Balaban J connectivity index is 2.09. The summed E-state index contributed by atoms with van der Waals surface area (Å²) in [6, 6.07) is 11.8. The molecule has 0 saturated carbocycles. The summed E-state index contributed by atoms with van der Waals surface area (Å²) in [6.07, 6.45) is 0. The first kappa shape index (κ1) is 19.9. The van der Waals surface area contributed by atoms with Crippen molar-refractivity contribution in [3.8, 4) is 0 Å².